The third-order valence-electron chi connectivity index (χ3n) is 3.76. The van der Waals surface area contributed by atoms with E-state index in [0.717, 1.165) is 16.7 Å². The number of hydrogen-bond donors (Lipinski definition) is 0. The molecule has 1 aromatic heterocycles. The first-order valence-electron chi connectivity index (χ1n) is 7.76. The topological polar surface area (TPSA) is 31.2 Å². The van der Waals surface area contributed by atoms with E-state index in [4.69, 9.17) is 4.74 Å². The van der Waals surface area contributed by atoms with Crippen LogP contribution in [0.25, 0.3) is 16.8 Å². The molecule has 0 N–H and O–H groups in total. The van der Waals surface area contributed by atoms with Crippen molar-refractivity contribution in [2.45, 2.75) is 13.5 Å². The first-order chi connectivity index (χ1) is 11.3. The Kier molecular flexibility index (Phi) is 4.57. The summed E-state index contributed by atoms with van der Waals surface area (Å²) >= 11 is 0. The van der Waals surface area contributed by atoms with E-state index in [-0.39, 0.29) is 5.56 Å². The van der Waals surface area contributed by atoms with Crippen molar-refractivity contribution in [3.05, 3.63) is 82.8 Å². The van der Waals surface area contributed by atoms with Gasteiger partial charge in [0.15, 0.2) is 0 Å². The number of ether oxygens (including phenoxy) is 1. The summed E-state index contributed by atoms with van der Waals surface area (Å²) in [6, 6.07) is 17.6. The molecule has 0 spiro atoms. The quantitative estimate of drug-likeness (QED) is 0.710. The van der Waals surface area contributed by atoms with Gasteiger partial charge in [0.05, 0.1) is 5.39 Å². The van der Waals surface area contributed by atoms with E-state index in [1.54, 1.807) is 4.57 Å². The van der Waals surface area contributed by atoms with Gasteiger partial charge in [-0.25, -0.2) is 0 Å². The number of aromatic nitrogens is 1. The Labute approximate surface area is 135 Å². The van der Waals surface area contributed by atoms with Gasteiger partial charge < -0.3 is 9.30 Å². The molecule has 0 aliphatic rings. The molecular formula is C20H19NO2. The molecule has 3 aromatic rings. The minimum Gasteiger partial charge on any atom is -0.489 e. The molecule has 116 valence electrons. The number of pyridine rings is 1. The molecule has 0 fully saturated rings. The molecule has 0 aliphatic heterocycles. The van der Waals surface area contributed by atoms with Crippen LogP contribution in [0.5, 0.6) is 5.75 Å². The van der Waals surface area contributed by atoms with Gasteiger partial charge in [-0.15, -0.1) is 0 Å². The van der Waals surface area contributed by atoms with Gasteiger partial charge in [0.25, 0.3) is 5.56 Å². The van der Waals surface area contributed by atoms with Crippen LogP contribution in [0.15, 0.2) is 71.7 Å². The van der Waals surface area contributed by atoms with Crippen molar-refractivity contribution in [1.29, 1.82) is 0 Å². The lowest BCUT2D eigenvalue weighted by molar-refractivity contribution is 0.368. The summed E-state index contributed by atoms with van der Waals surface area (Å²) in [5.41, 5.74) is 1.16. The molecule has 1 heterocycles. The smallest absolute Gasteiger partial charge is 0.258 e. The van der Waals surface area contributed by atoms with Crippen LogP contribution in [0.1, 0.15) is 12.5 Å². The van der Waals surface area contributed by atoms with Crippen LogP contribution in [0.3, 0.4) is 0 Å². The van der Waals surface area contributed by atoms with E-state index < -0.39 is 0 Å². The number of nitrogens with zero attached hydrogens (tertiary/aromatic N) is 1. The van der Waals surface area contributed by atoms with Gasteiger partial charge in [0.1, 0.15) is 12.4 Å². The molecule has 0 radical (unpaired) electrons. The Balaban J connectivity index is 1.80. The van der Waals surface area contributed by atoms with Crippen LogP contribution in [-0.4, -0.2) is 11.2 Å². The normalized spacial score (nSPS) is 11.2. The Morgan fingerprint density at radius 3 is 2.61 bits per heavy atom. The van der Waals surface area contributed by atoms with E-state index in [2.05, 4.69) is 0 Å². The van der Waals surface area contributed by atoms with Crippen LogP contribution in [0, 0.1) is 0 Å². The van der Waals surface area contributed by atoms with Gasteiger partial charge in [-0.3, -0.25) is 4.79 Å². The Hall–Kier alpha value is -2.81. The van der Waals surface area contributed by atoms with Crippen LogP contribution in [0.4, 0.5) is 0 Å². The molecule has 2 aromatic carbocycles. The average Bonchev–Trinajstić information content (AvgIpc) is 2.60. The van der Waals surface area contributed by atoms with E-state index in [0.29, 0.717) is 18.5 Å². The molecule has 0 atom stereocenters. The Morgan fingerprint density at radius 1 is 1.00 bits per heavy atom. The second-order valence-electron chi connectivity index (χ2n) is 5.25. The molecule has 0 bridgehead atoms. The maximum absolute atomic E-state index is 12.3. The zero-order valence-corrected chi connectivity index (χ0v) is 13.1. The molecule has 0 amide bonds. The number of fused-ring (bicyclic) bond motifs is 1. The molecule has 0 aliphatic carbocycles. The fraction of sp³-hybridized carbons (Fsp3) is 0.150. The predicted octanol–water partition coefficient (Wildman–Crippen LogP) is 4.11. The van der Waals surface area contributed by atoms with E-state index in [9.17, 15) is 4.79 Å². The highest BCUT2D eigenvalue weighted by atomic mass is 16.5. The van der Waals surface area contributed by atoms with Crippen molar-refractivity contribution in [2.24, 2.45) is 0 Å². The van der Waals surface area contributed by atoms with Gasteiger partial charge >= 0.3 is 0 Å². The average molecular weight is 305 g/mol. The third kappa shape index (κ3) is 3.34. The molecular weight excluding hydrogens is 286 g/mol. The van der Waals surface area contributed by atoms with Crippen molar-refractivity contribution < 1.29 is 4.74 Å². The summed E-state index contributed by atoms with van der Waals surface area (Å²) < 4.78 is 7.53. The van der Waals surface area contributed by atoms with Crippen LogP contribution < -0.4 is 10.3 Å². The van der Waals surface area contributed by atoms with Gasteiger partial charge in [0.2, 0.25) is 0 Å². The predicted molar refractivity (Wildman–Crippen MR) is 94.9 cm³/mol. The van der Waals surface area contributed by atoms with E-state index in [1.807, 2.05) is 79.9 Å². The van der Waals surface area contributed by atoms with Crippen molar-refractivity contribution in [1.82, 2.24) is 4.57 Å². The second-order valence-corrected chi connectivity index (χ2v) is 5.25. The minimum absolute atomic E-state index is 0.0234. The Morgan fingerprint density at radius 2 is 1.83 bits per heavy atom. The summed E-state index contributed by atoms with van der Waals surface area (Å²) in [6.07, 6.45) is 5.81. The fourth-order valence-corrected chi connectivity index (χ4v) is 2.55. The summed E-state index contributed by atoms with van der Waals surface area (Å²) in [5.74, 6) is 0.737. The summed E-state index contributed by atoms with van der Waals surface area (Å²) in [7, 11) is 0. The molecule has 0 saturated heterocycles. The highest BCUT2D eigenvalue weighted by Crippen LogP contribution is 2.23. The first-order valence-corrected chi connectivity index (χ1v) is 7.76. The van der Waals surface area contributed by atoms with Crippen molar-refractivity contribution in [2.75, 3.05) is 6.61 Å². The Bertz CT molecular complexity index is 879. The number of rotatable bonds is 5. The lowest BCUT2D eigenvalue weighted by Gasteiger charge is -2.09. The number of benzene rings is 2. The van der Waals surface area contributed by atoms with Crippen LogP contribution >= 0.6 is 0 Å². The van der Waals surface area contributed by atoms with Crippen molar-refractivity contribution in [3.8, 4) is 5.75 Å². The zero-order valence-electron chi connectivity index (χ0n) is 13.1. The summed E-state index contributed by atoms with van der Waals surface area (Å²) in [4.78, 5) is 12.3. The molecule has 0 unspecified atom stereocenters. The first kappa shape index (κ1) is 15.1. The highest BCUT2D eigenvalue weighted by molar-refractivity contribution is 5.87. The highest BCUT2D eigenvalue weighted by Gasteiger charge is 2.06. The van der Waals surface area contributed by atoms with Gasteiger partial charge in [-0.05, 0) is 36.8 Å². The van der Waals surface area contributed by atoms with Crippen molar-refractivity contribution >= 4 is 16.8 Å². The van der Waals surface area contributed by atoms with Gasteiger partial charge in [-0.2, -0.15) is 0 Å². The monoisotopic (exact) mass is 305 g/mol. The molecule has 0 saturated carbocycles. The third-order valence-corrected chi connectivity index (χ3v) is 3.76. The molecule has 23 heavy (non-hydrogen) atoms. The minimum atomic E-state index is 0.0234. The van der Waals surface area contributed by atoms with Crippen LogP contribution in [-0.2, 0) is 6.54 Å². The van der Waals surface area contributed by atoms with E-state index in [1.165, 1.54) is 0 Å². The maximum atomic E-state index is 12.3. The van der Waals surface area contributed by atoms with E-state index >= 15 is 0 Å². The zero-order chi connectivity index (χ0) is 16.1. The summed E-state index contributed by atoms with van der Waals surface area (Å²) in [5, 5.41) is 1.55. The SMILES string of the molecule is CCn1ccc2c(OC/C=C/c3ccccc3)cccc2c1=O. The van der Waals surface area contributed by atoms with Gasteiger partial charge in [0, 0.05) is 18.1 Å². The maximum Gasteiger partial charge on any atom is 0.258 e. The molecule has 3 nitrogen and oxygen atoms in total. The lowest BCUT2D eigenvalue weighted by atomic mass is 10.1. The molecule has 3 rings (SSSR count). The lowest BCUT2D eigenvalue weighted by Crippen LogP contribution is -2.18. The molecule has 3 heteroatoms. The largest absolute Gasteiger partial charge is 0.489 e. The number of aryl methyl sites for hydroxylation is 1. The standard InChI is InChI=1S/C20H19NO2/c1-2-21-14-13-17-18(20(21)22)11-6-12-19(17)23-15-7-10-16-8-4-3-5-9-16/h3-14H,2,15H2,1H3/b10-7+. The van der Waals surface area contributed by atoms with Crippen LogP contribution in [0.2, 0.25) is 0 Å². The van der Waals surface area contributed by atoms with Crippen molar-refractivity contribution in [3.63, 3.8) is 0 Å². The second kappa shape index (κ2) is 6.97. The fourth-order valence-electron chi connectivity index (χ4n) is 2.55. The number of hydrogen-bond acceptors (Lipinski definition) is 2. The summed E-state index contributed by atoms with van der Waals surface area (Å²) in [6.45, 7) is 3.09. The van der Waals surface area contributed by atoms with Gasteiger partial charge in [-0.1, -0.05) is 42.5 Å².